The number of aliphatic hydroxyl groups is 4. The van der Waals surface area contributed by atoms with Crippen molar-refractivity contribution in [2.24, 2.45) is 0 Å². The number of aliphatic hydroxyl groups excluding tert-OH is 4. The Morgan fingerprint density at radius 1 is 1.08 bits per heavy atom. The lowest BCUT2D eigenvalue weighted by Gasteiger charge is -2.36. The molecule has 0 saturated carbocycles. The Hall–Kier alpha value is -0.730. The topological polar surface area (TPSA) is 116 Å². The van der Waals surface area contributed by atoms with Crippen molar-refractivity contribution in [3.8, 4) is 0 Å². The van der Waals surface area contributed by atoms with Gasteiger partial charge < -0.3 is 29.9 Å². The van der Waals surface area contributed by atoms with Gasteiger partial charge in [0.15, 0.2) is 6.29 Å². The van der Waals surface area contributed by atoms with Crippen molar-refractivity contribution in [3.63, 3.8) is 0 Å². The molecule has 1 rings (SSSR count). The molecule has 5 atom stereocenters. The standard InChI is InChI=1S/C6H10O7/c7-1-12-6-4(10)2(8)3(9)5(11)13-6/h1-6,8-11H/t2-,3?,4-,5?,6?/m0/s1. The maximum Gasteiger partial charge on any atom is 0.295 e. The zero-order valence-electron chi connectivity index (χ0n) is 6.48. The molecule has 7 nitrogen and oxygen atoms in total. The summed E-state index contributed by atoms with van der Waals surface area (Å²) in [6, 6.07) is 0. The Morgan fingerprint density at radius 2 is 1.69 bits per heavy atom. The molecule has 1 aliphatic heterocycles. The zero-order valence-corrected chi connectivity index (χ0v) is 6.48. The van der Waals surface area contributed by atoms with E-state index in [0.717, 1.165) is 0 Å². The fourth-order valence-corrected chi connectivity index (χ4v) is 0.997. The van der Waals surface area contributed by atoms with E-state index >= 15 is 0 Å². The summed E-state index contributed by atoms with van der Waals surface area (Å²) in [6.07, 6.45) is -7.98. The van der Waals surface area contributed by atoms with Gasteiger partial charge in [-0.15, -0.1) is 0 Å². The largest absolute Gasteiger partial charge is 0.435 e. The lowest BCUT2D eigenvalue weighted by atomic mass is 10.0. The van der Waals surface area contributed by atoms with E-state index in [1.54, 1.807) is 0 Å². The Bertz CT molecular complexity index is 184. The van der Waals surface area contributed by atoms with Crippen LogP contribution in [-0.2, 0) is 14.3 Å². The molecule has 1 fully saturated rings. The predicted molar refractivity (Wildman–Crippen MR) is 36.0 cm³/mol. The first-order valence-corrected chi connectivity index (χ1v) is 3.54. The SMILES string of the molecule is O=COC1OC(O)C(O)[C@H](O)[C@@H]1O. The Labute approximate surface area is 73.1 Å². The maximum absolute atomic E-state index is 9.87. The van der Waals surface area contributed by atoms with Gasteiger partial charge in [-0.3, -0.25) is 4.79 Å². The van der Waals surface area contributed by atoms with Gasteiger partial charge in [0.2, 0.25) is 6.29 Å². The average molecular weight is 194 g/mol. The van der Waals surface area contributed by atoms with E-state index in [1.165, 1.54) is 0 Å². The fraction of sp³-hybridized carbons (Fsp3) is 0.833. The van der Waals surface area contributed by atoms with Gasteiger partial charge in [0.25, 0.3) is 6.47 Å². The summed E-state index contributed by atoms with van der Waals surface area (Å²) >= 11 is 0. The number of hydrogen-bond donors (Lipinski definition) is 4. The van der Waals surface area contributed by atoms with Crippen LogP contribution in [0.2, 0.25) is 0 Å². The van der Waals surface area contributed by atoms with E-state index in [4.69, 9.17) is 20.4 Å². The minimum Gasteiger partial charge on any atom is -0.435 e. The zero-order chi connectivity index (χ0) is 10.0. The second kappa shape index (κ2) is 3.99. The molecule has 1 aliphatic rings. The van der Waals surface area contributed by atoms with Crippen LogP contribution in [0.3, 0.4) is 0 Å². The minimum atomic E-state index is -1.69. The Morgan fingerprint density at radius 3 is 2.23 bits per heavy atom. The van der Waals surface area contributed by atoms with Crippen LogP contribution < -0.4 is 0 Å². The second-order valence-electron chi connectivity index (χ2n) is 2.60. The molecule has 3 unspecified atom stereocenters. The van der Waals surface area contributed by atoms with Crippen molar-refractivity contribution < 1.29 is 34.7 Å². The number of ether oxygens (including phenoxy) is 2. The van der Waals surface area contributed by atoms with Crippen LogP contribution in [0.1, 0.15) is 0 Å². The molecule has 0 aromatic carbocycles. The average Bonchev–Trinajstić information content (AvgIpc) is 2.11. The van der Waals surface area contributed by atoms with Crippen molar-refractivity contribution in [2.45, 2.75) is 30.9 Å². The highest BCUT2D eigenvalue weighted by Crippen LogP contribution is 2.19. The van der Waals surface area contributed by atoms with E-state index in [-0.39, 0.29) is 6.47 Å². The number of hydrogen-bond acceptors (Lipinski definition) is 7. The molecule has 1 saturated heterocycles. The summed E-state index contributed by atoms with van der Waals surface area (Å²) in [5.41, 5.74) is 0. The van der Waals surface area contributed by atoms with Crippen LogP contribution in [0.5, 0.6) is 0 Å². The van der Waals surface area contributed by atoms with Gasteiger partial charge in [0, 0.05) is 0 Å². The minimum absolute atomic E-state index is 0.00499. The molecule has 1 heterocycles. The van der Waals surface area contributed by atoms with Crippen LogP contribution in [0.15, 0.2) is 0 Å². The molecule has 76 valence electrons. The third kappa shape index (κ3) is 1.95. The molecule has 7 heteroatoms. The summed E-state index contributed by atoms with van der Waals surface area (Å²) in [7, 11) is 0. The van der Waals surface area contributed by atoms with Crippen LogP contribution in [-0.4, -0.2) is 57.8 Å². The normalized spacial score (nSPS) is 45.7. The van der Waals surface area contributed by atoms with E-state index in [1.807, 2.05) is 0 Å². The molecule has 13 heavy (non-hydrogen) atoms. The highest BCUT2D eigenvalue weighted by atomic mass is 16.8. The van der Waals surface area contributed by atoms with Crippen molar-refractivity contribution in [1.29, 1.82) is 0 Å². The van der Waals surface area contributed by atoms with Gasteiger partial charge in [-0.25, -0.2) is 0 Å². The Kier molecular flexibility index (Phi) is 3.17. The van der Waals surface area contributed by atoms with E-state index in [0.29, 0.717) is 0 Å². The number of carbonyl (C=O) groups is 1. The summed E-state index contributed by atoms with van der Waals surface area (Å²) < 4.78 is 8.66. The van der Waals surface area contributed by atoms with Crippen LogP contribution in [0.25, 0.3) is 0 Å². The molecule has 0 aromatic rings. The maximum atomic E-state index is 9.87. The molecule has 0 amide bonds. The monoisotopic (exact) mass is 194 g/mol. The molecule has 0 aliphatic carbocycles. The van der Waals surface area contributed by atoms with E-state index in [2.05, 4.69) is 9.47 Å². The van der Waals surface area contributed by atoms with Crippen molar-refractivity contribution >= 4 is 6.47 Å². The van der Waals surface area contributed by atoms with Gasteiger partial charge in [-0.1, -0.05) is 0 Å². The third-order valence-corrected chi connectivity index (χ3v) is 1.73. The van der Waals surface area contributed by atoms with Crippen LogP contribution in [0.4, 0.5) is 0 Å². The molecular formula is C6H10O7. The summed E-state index contributed by atoms with van der Waals surface area (Å²) in [6.45, 7) is 0.00499. The van der Waals surface area contributed by atoms with Crippen molar-refractivity contribution in [3.05, 3.63) is 0 Å². The quantitative estimate of drug-likeness (QED) is 0.344. The highest BCUT2D eigenvalue weighted by molar-refractivity contribution is 5.37. The van der Waals surface area contributed by atoms with Gasteiger partial charge in [-0.2, -0.15) is 0 Å². The Balaban J connectivity index is 2.64. The molecule has 0 spiro atoms. The van der Waals surface area contributed by atoms with E-state index < -0.39 is 30.9 Å². The van der Waals surface area contributed by atoms with Gasteiger partial charge in [0.05, 0.1) is 0 Å². The number of rotatable bonds is 2. The smallest absolute Gasteiger partial charge is 0.295 e. The van der Waals surface area contributed by atoms with Gasteiger partial charge in [-0.05, 0) is 0 Å². The molecule has 0 radical (unpaired) electrons. The van der Waals surface area contributed by atoms with Crippen LogP contribution in [0, 0.1) is 0 Å². The second-order valence-corrected chi connectivity index (χ2v) is 2.60. The molecular weight excluding hydrogens is 184 g/mol. The predicted octanol–water partition coefficient (Wildman–Crippen LogP) is -3.08. The van der Waals surface area contributed by atoms with E-state index in [9.17, 15) is 4.79 Å². The lowest BCUT2D eigenvalue weighted by Crippen LogP contribution is -2.58. The van der Waals surface area contributed by atoms with Crippen molar-refractivity contribution in [1.82, 2.24) is 0 Å². The summed E-state index contributed by atoms with van der Waals surface area (Å²) in [5, 5.41) is 36.1. The fourth-order valence-electron chi connectivity index (χ4n) is 0.997. The lowest BCUT2D eigenvalue weighted by molar-refractivity contribution is -0.328. The first-order chi connectivity index (χ1) is 6.07. The first kappa shape index (κ1) is 10.4. The van der Waals surface area contributed by atoms with Crippen LogP contribution >= 0.6 is 0 Å². The molecule has 0 aromatic heterocycles. The van der Waals surface area contributed by atoms with Crippen molar-refractivity contribution in [2.75, 3.05) is 0 Å². The molecule has 4 N–H and O–H groups in total. The summed E-state index contributed by atoms with van der Waals surface area (Å²) in [5.74, 6) is 0. The summed E-state index contributed by atoms with van der Waals surface area (Å²) in [4.78, 5) is 9.87. The number of carbonyl (C=O) groups excluding carboxylic acids is 1. The van der Waals surface area contributed by atoms with Gasteiger partial charge >= 0.3 is 0 Å². The first-order valence-electron chi connectivity index (χ1n) is 3.54. The highest BCUT2D eigenvalue weighted by Gasteiger charge is 2.44. The molecule has 0 bridgehead atoms. The van der Waals surface area contributed by atoms with Gasteiger partial charge in [0.1, 0.15) is 18.3 Å². The third-order valence-electron chi connectivity index (χ3n) is 1.73.